The Morgan fingerprint density at radius 2 is 2.10 bits per heavy atom. The third-order valence-corrected chi connectivity index (χ3v) is 6.14. The highest BCUT2D eigenvalue weighted by Crippen LogP contribution is 2.29. The fourth-order valence-electron chi connectivity index (χ4n) is 4.02. The van der Waals surface area contributed by atoms with Gasteiger partial charge in [0.2, 0.25) is 11.9 Å². The van der Waals surface area contributed by atoms with E-state index in [-0.39, 0.29) is 12.5 Å². The first-order valence-corrected chi connectivity index (χ1v) is 10.2. The van der Waals surface area contributed by atoms with E-state index >= 15 is 0 Å². The van der Waals surface area contributed by atoms with E-state index in [1.165, 1.54) is 9.80 Å². The van der Waals surface area contributed by atoms with Crippen molar-refractivity contribution in [3.05, 3.63) is 58.0 Å². The number of urea groups is 1. The maximum Gasteiger partial charge on any atom is 0.393 e. The third-order valence-electron chi connectivity index (χ3n) is 5.55. The van der Waals surface area contributed by atoms with Gasteiger partial charge in [-0.2, -0.15) is 0 Å². The maximum absolute atomic E-state index is 13.3. The van der Waals surface area contributed by atoms with Crippen LogP contribution in [-0.2, 0) is 17.9 Å². The van der Waals surface area contributed by atoms with Crippen LogP contribution < -0.4 is 0 Å². The Bertz CT molecular complexity index is 1110. The van der Waals surface area contributed by atoms with Crippen LogP contribution in [0, 0.1) is 0 Å². The third kappa shape index (κ3) is 2.98. The number of likely N-dealkylation sites (N-methyl/N-ethyl adjacent to an activating group) is 1. The molecule has 2 aromatic rings. The van der Waals surface area contributed by atoms with Crippen LogP contribution in [0.3, 0.4) is 0 Å². The van der Waals surface area contributed by atoms with Gasteiger partial charge in [0.1, 0.15) is 12.3 Å². The van der Waals surface area contributed by atoms with Crippen molar-refractivity contribution in [3.8, 4) is 0 Å². The lowest BCUT2D eigenvalue weighted by Crippen LogP contribution is -2.63. The molecular weight excluding hydrogens is 429 g/mol. The number of amidine groups is 1. The molecule has 154 valence electrons. The molecule has 5 rings (SSSR count). The summed E-state index contributed by atoms with van der Waals surface area (Å²) in [7, 11) is 1.64. The molecule has 0 aliphatic carbocycles. The zero-order chi connectivity index (χ0) is 21.0. The summed E-state index contributed by atoms with van der Waals surface area (Å²) >= 11 is 12.2. The van der Waals surface area contributed by atoms with Gasteiger partial charge >= 0.3 is 12.0 Å². The van der Waals surface area contributed by atoms with Crippen LogP contribution in [0.2, 0.25) is 10.0 Å². The largest absolute Gasteiger partial charge is 0.466 e. The van der Waals surface area contributed by atoms with Gasteiger partial charge in [-0.1, -0.05) is 34.3 Å². The molecule has 3 aliphatic heterocycles. The van der Waals surface area contributed by atoms with Crippen molar-refractivity contribution >= 4 is 46.9 Å². The van der Waals surface area contributed by atoms with Gasteiger partial charge in [-0.3, -0.25) is 19.2 Å². The standard InChI is InChI=1S/C20H18Cl2N5O3/c1-24-17-16(26-7-6-25(19(26)23-17)11-14-3-2-8-30-14)18(28)27(20(24)29)10-12-4-5-13(21)9-15(12)22/h2-5,8-9,16H,6-7,10-11H2,1H3/q+1. The predicted molar refractivity (Wildman–Crippen MR) is 111 cm³/mol. The Morgan fingerprint density at radius 1 is 1.27 bits per heavy atom. The Morgan fingerprint density at radius 3 is 2.83 bits per heavy atom. The maximum atomic E-state index is 13.3. The van der Waals surface area contributed by atoms with Crippen molar-refractivity contribution in [1.29, 1.82) is 0 Å². The summed E-state index contributed by atoms with van der Waals surface area (Å²) in [5.41, 5.74) is 0.652. The number of carbonyl (C=O) groups is 2. The number of imide groups is 1. The molecule has 0 radical (unpaired) electrons. The van der Waals surface area contributed by atoms with Crippen LogP contribution in [0.4, 0.5) is 4.79 Å². The zero-order valence-corrected chi connectivity index (χ0v) is 17.6. The fraction of sp³-hybridized carbons (Fsp3) is 0.300. The van der Waals surface area contributed by atoms with Gasteiger partial charge in [0.25, 0.3) is 5.91 Å². The Labute approximate surface area is 182 Å². The molecule has 3 aliphatic rings. The molecule has 0 bridgehead atoms. The molecule has 0 N–H and O–H groups in total. The number of hydrogen-bond acceptors (Lipinski definition) is 5. The first kappa shape index (κ1) is 19.1. The number of hydrogen-bond donors (Lipinski definition) is 0. The number of carbonyl (C=O) groups excluding carboxylic acids is 2. The van der Waals surface area contributed by atoms with E-state index in [0.29, 0.717) is 40.5 Å². The minimum atomic E-state index is -0.629. The minimum absolute atomic E-state index is 0.0705. The van der Waals surface area contributed by atoms with Gasteiger partial charge in [-0.05, 0) is 29.8 Å². The number of benzene rings is 1. The van der Waals surface area contributed by atoms with Gasteiger partial charge < -0.3 is 4.42 Å². The zero-order valence-electron chi connectivity index (χ0n) is 16.1. The predicted octanol–water partition coefficient (Wildman–Crippen LogP) is 2.65. The topological polar surface area (TPSA) is 72.4 Å². The monoisotopic (exact) mass is 446 g/mol. The molecule has 10 heteroatoms. The van der Waals surface area contributed by atoms with E-state index in [0.717, 1.165) is 12.3 Å². The van der Waals surface area contributed by atoms with Gasteiger partial charge in [0.05, 0.1) is 25.9 Å². The average molecular weight is 447 g/mol. The second-order valence-corrected chi connectivity index (χ2v) is 8.21. The van der Waals surface area contributed by atoms with Crippen molar-refractivity contribution in [2.45, 2.75) is 19.1 Å². The number of guanidine groups is 1. The summed E-state index contributed by atoms with van der Waals surface area (Å²) in [6.45, 7) is 1.98. The number of halogens is 2. The second-order valence-electron chi connectivity index (χ2n) is 7.37. The van der Waals surface area contributed by atoms with E-state index in [9.17, 15) is 9.59 Å². The first-order valence-electron chi connectivity index (χ1n) is 9.46. The smallest absolute Gasteiger partial charge is 0.393 e. The molecule has 1 aromatic heterocycles. The lowest BCUT2D eigenvalue weighted by atomic mass is 10.1. The van der Waals surface area contributed by atoms with Crippen LogP contribution in [-0.4, -0.2) is 69.2 Å². The molecule has 3 amide bonds. The van der Waals surface area contributed by atoms with E-state index in [1.807, 2.05) is 17.0 Å². The quantitative estimate of drug-likeness (QED) is 0.676. The van der Waals surface area contributed by atoms with Gasteiger partial charge in [0, 0.05) is 17.1 Å². The van der Waals surface area contributed by atoms with Crippen molar-refractivity contribution in [2.24, 2.45) is 4.99 Å². The lowest BCUT2D eigenvalue weighted by Gasteiger charge is -2.34. The van der Waals surface area contributed by atoms with Crippen LogP contribution in [0.1, 0.15) is 11.3 Å². The van der Waals surface area contributed by atoms with Crippen LogP contribution in [0.15, 0.2) is 46.0 Å². The van der Waals surface area contributed by atoms with Gasteiger partial charge in [-0.25, -0.2) is 9.69 Å². The second kappa shape index (κ2) is 7.14. The summed E-state index contributed by atoms with van der Waals surface area (Å²) in [6.07, 6.45) is 1.63. The number of fused-ring (bicyclic) bond motifs is 3. The molecule has 0 spiro atoms. The summed E-state index contributed by atoms with van der Waals surface area (Å²) < 4.78 is 7.49. The molecule has 0 saturated carbocycles. The highest BCUT2D eigenvalue weighted by molar-refractivity contribution is 6.35. The SMILES string of the molecule is CN1C(=O)N(Cc2ccc(Cl)cc2Cl)C(=O)C2C1=NC1=[N+](Cc3ccco3)CCN12. The Hall–Kier alpha value is -2.84. The van der Waals surface area contributed by atoms with E-state index < -0.39 is 12.1 Å². The van der Waals surface area contributed by atoms with Crippen molar-refractivity contribution in [3.63, 3.8) is 0 Å². The molecule has 1 saturated heterocycles. The molecular formula is C20H18Cl2N5O3+. The minimum Gasteiger partial charge on any atom is -0.466 e. The van der Waals surface area contributed by atoms with Gasteiger partial charge in [-0.15, -0.1) is 0 Å². The summed E-state index contributed by atoms with van der Waals surface area (Å²) in [6, 6.07) is 7.69. The normalized spacial score (nSPS) is 20.8. The number of furan rings is 1. The highest BCUT2D eigenvalue weighted by atomic mass is 35.5. The molecule has 30 heavy (non-hydrogen) atoms. The van der Waals surface area contributed by atoms with Crippen LogP contribution in [0.5, 0.6) is 0 Å². The van der Waals surface area contributed by atoms with Crippen LogP contribution in [0.25, 0.3) is 0 Å². The summed E-state index contributed by atoms with van der Waals surface area (Å²) in [5, 5.41) is 0.907. The number of nitrogens with zero attached hydrogens (tertiary/aromatic N) is 5. The highest BCUT2D eigenvalue weighted by Gasteiger charge is 2.57. The molecule has 4 heterocycles. The van der Waals surface area contributed by atoms with E-state index in [4.69, 9.17) is 27.6 Å². The van der Waals surface area contributed by atoms with Gasteiger partial charge in [0.15, 0.2) is 0 Å². The molecule has 1 fully saturated rings. The Balaban J connectivity index is 1.45. The fourth-order valence-corrected chi connectivity index (χ4v) is 4.49. The first-order chi connectivity index (χ1) is 14.4. The molecule has 1 atom stereocenters. The summed E-state index contributed by atoms with van der Waals surface area (Å²) in [4.78, 5) is 35.5. The molecule has 1 aromatic carbocycles. The van der Waals surface area contributed by atoms with Crippen molar-refractivity contribution in [1.82, 2.24) is 14.7 Å². The van der Waals surface area contributed by atoms with Crippen molar-refractivity contribution < 1.29 is 18.6 Å². The number of aliphatic imine (C=N–C) groups is 1. The van der Waals surface area contributed by atoms with Crippen LogP contribution >= 0.6 is 23.2 Å². The van der Waals surface area contributed by atoms with Crippen molar-refractivity contribution in [2.75, 3.05) is 20.1 Å². The Kier molecular flexibility index (Phi) is 4.56. The molecule has 1 unspecified atom stereocenters. The average Bonchev–Trinajstić information content (AvgIpc) is 3.43. The van der Waals surface area contributed by atoms with E-state index in [2.05, 4.69) is 9.57 Å². The lowest BCUT2D eigenvalue weighted by molar-refractivity contribution is -0.537. The summed E-state index contributed by atoms with van der Waals surface area (Å²) in [5.74, 6) is 1.64. The number of amides is 3. The van der Waals surface area contributed by atoms with E-state index in [1.54, 1.807) is 31.5 Å². The number of rotatable bonds is 4. The molecule has 8 nitrogen and oxygen atoms in total.